The Morgan fingerprint density at radius 3 is 2.78 bits per heavy atom. The molecule has 0 saturated carbocycles. The highest BCUT2D eigenvalue weighted by Crippen LogP contribution is 2.24. The fourth-order valence-corrected chi connectivity index (χ4v) is 2.49. The quantitative estimate of drug-likeness (QED) is 0.664. The number of hydrazine groups is 1. The van der Waals surface area contributed by atoms with Crippen LogP contribution < -0.4 is 21.1 Å². The Kier molecular flexibility index (Phi) is 2.68. The fraction of sp³-hybridized carbons (Fsp3) is 0.417. The van der Waals surface area contributed by atoms with Gasteiger partial charge in [0, 0.05) is 6.54 Å². The second kappa shape index (κ2) is 4.22. The van der Waals surface area contributed by atoms with E-state index >= 15 is 0 Å². The van der Waals surface area contributed by atoms with Crippen LogP contribution in [-0.2, 0) is 4.79 Å². The molecule has 2 aliphatic heterocycles. The predicted octanol–water partition coefficient (Wildman–Crippen LogP) is 0.158. The van der Waals surface area contributed by atoms with Crippen molar-refractivity contribution >= 4 is 11.6 Å². The van der Waals surface area contributed by atoms with Crippen LogP contribution in [0.2, 0.25) is 0 Å². The third-order valence-electron chi connectivity index (χ3n) is 3.36. The Bertz CT molecular complexity index is 464. The van der Waals surface area contributed by atoms with E-state index in [0.29, 0.717) is 6.54 Å². The second-order valence-electron chi connectivity index (χ2n) is 4.66. The summed E-state index contributed by atoms with van der Waals surface area (Å²) >= 11 is 0. The largest absolute Gasteiger partial charge is 0.341 e. The van der Waals surface area contributed by atoms with E-state index in [1.54, 1.807) is 12.1 Å². The monoisotopic (exact) mass is 250 g/mol. The highest BCUT2D eigenvalue weighted by molar-refractivity contribution is 5.82. The lowest BCUT2D eigenvalue weighted by Gasteiger charge is -2.36. The minimum Gasteiger partial charge on any atom is -0.341 e. The van der Waals surface area contributed by atoms with Crippen LogP contribution in [0.15, 0.2) is 24.3 Å². The summed E-state index contributed by atoms with van der Waals surface area (Å²) < 4.78 is 12.9. The molecule has 1 aromatic carbocycles. The Labute approximate surface area is 104 Å². The van der Waals surface area contributed by atoms with Gasteiger partial charge in [0.05, 0.1) is 17.8 Å². The van der Waals surface area contributed by atoms with Gasteiger partial charge in [0.15, 0.2) is 0 Å². The summed E-state index contributed by atoms with van der Waals surface area (Å²) in [4.78, 5) is 11.8. The van der Waals surface area contributed by atoms with Gasteiger partial charge in [-0.05, 0) is 31.2 Å². The summed E-state index contributed by atoms with van der Waals surface area (Å²) in [5.74, 6) is -0.355. The highest BCUT2D eigenvalue weighted by Gasteiger charge is 2.42. The van der Waals surface area contributed by atoms with Crippen LogP contribution in [0.5, 0.6) is 0 Å². The molecule has 2 aliphatic rings. The van der Waals surface area contributed by atoms with Gasteiger partial charge in [-0.15, -0.1) is 0 Å². The molecule has 1 amide bonds. The number of halogens is 1. The lowest BCUT2D eigenvalue weighted by molar-refractivity contribution is -0.128. The maximum Gasteiger partial charge on any atom is 0.229 e. The minimum absolute atomic E-state index is 0.0448. The maximum absolute atomic E-state index is 12.9. The first-order chi connectivity index (χ1) is 8.65. The molecule has 2 fully saturated rings. The van der Waals surface area contributed by atoms with E-state index in [2.05, 4.69) is 16.1 Å². The molecule has 3 rings (SSSR count). The van der Waals surface area contributed by atoms with Crippen molar-refractivity contribution in [2.75, 3.05) is 11.6 Å². The number of rotatable bonds is 1. The van der Waals surface area contributed by atoms with Crippen molar-refractivity contribution in [1.82, 2.24) is 16.1 Å². The lowest BCUT2D eigenvalue weighted by atomic mass is 10.0. The summed E-state index contributed by atoms with van der Waals surface area (Å²) in [6.07, 6.45) is -0.166. The Morgan fingerprint density at radius 2 is 2.06 bits per heavy atom. The Morgan fingerprint density at radius 1 is 1.33 bits per heavy atom. The number of amides is 1. The van der Waals surface area contributed by atoms with Crippen LogP contribution in [0.3, 0.4) is 0 Å². The summed E-state index contributed by atoms with van der Waals surface area (Å²) in [5.41, 5.74) is 4.02. The van der Waals surface area contributed by atoms with Crippen LogP contribution in [0.25, 0.3) is 0 Å². The molecule has 1 aromatic rings. The molecule has 96 valence electrons. The van der Waals surface area contributed by atoms with Gasteiger partial charge >= 0.3 is 0 Å². The molecule has 5 nitrogen and oxygen atoms in total. The van der Waals surface area contributed by atoms with Crippen LogP contribution >= 0.6 is 0 Å². The number of hydrogen-bond acceptors (Lipinski definition) is 4. The van der Waals surface area contributed by atoms with Crippen LogP contribution in [0, 0.1) is 11.7 Å². The van der Waals surface area contributed by atoms with E-state index in [4.69, 9.17) is 0 Å². The van der Waals surface area contributed by atoms with Gasteiger partial charge in [0.2, 0.25) is 5.91 Å². The predicted molar refractivity (Wildman–Crippen MR) is 64.9 cm³/mol. The summed E-state index contributed by atoms with van der Waals surface area (Å²) in [7, 11) is 0. The van der Waals surface area contributed by atoms with Gasteiger partial charge in [-0.2, -0.15) is 0 Å². The summed E-state index contributed by atoms with van der Waals surface area (Å²) in [6, 6.07) is 6.22. The van der Waals surface area contributed by atoms with E-state index in [1.807, 2.05) is 11.9 Å². The minimum atomic E-state index is -0.266. The molecule has 3 N–H and O–H groups in total. The third kappa shape index (κ3) is 1.83. The topological polar surface area (TPSA) is 56.4 Å². The van der Waals surface area contributed by atoms with Gasteiger partial charge in [-0.1, -0.05) is 0 Å². The number of benzene rings is 1. The van der Waals surface area contributed by atoms with Crippen molar-refractivity contribution in [3.63, 3.8) is 0 Å². The Balaban J connectivity index is 1.86. The average Bonchev–Trinajstić information content (AvgIpc) is 2.74. The number of carbonyl (C=O) groups is 1. The summed E-state index contributed by atoms with van der Waals surface area (Å²) in [5, 5.41) is 8.05. The summed E-state index contributed by atoms with van der Waals surface area (Å²) in [6.45, 7) is 2.48. The maximum atomic E-state index is 12.9. The molecule has 0 bridgehead atoms. The van der Waals surface area contributed by atoms with E-state index in [9.17, 15) is 9.18 Å². The van der Waals surface area contributed by atoms with E-state index in [1.165, 1.54) is 12.1 Å². The molecule has 3 unspecified atom stereocenters. The molecule has 0 spiro atoms. The van der Waals surface area contributed by atoms with Gasteiger partial charge in [0.25, 0.3) is 0 Å². The van der Waals surface area contributed by atoms with Crippen molar-refractivity contribution in [1.29, 1.82) is 0 Å². The standard InChI is InChI=1S/C12H15FN4O/c1-7-15-11-10(12(18)16-7)6-14-17(11)9-4-2-8(13)3-5-9/h2-5,7,10-11,14-15H,6H2,1H3,(H,16,18). The van der Waals surface area contributed by atoms with Crippen molar-refractivity contribution in [3.05, 3.63) is 30.1 Å². The van der Waals surface area contributed by atoms with Gasteiger partial charge in [-0.3, -0.25) is 15.1 Å². The molecule has 0 aliphatic carbocycles. The zero-order chi connectivity index (χ0) is 12.7. The number of fused-ring (bicyclic) bond motifs is 1. The van der Waals surface area contributed by atoms with Crippen molar-refractivity contribution in [2.45, 2.75) is 19.3 Å². The lowest BCUT2D eigenvalue weighted by Crippen LogP contribution is -2.63. The first-order valence-electron chi connectivity index (χ1n) is 6.00. The van der Waals surface area contributed by atoms with Gasteiger partial charge in [0.1, 0.15) is 12.0 Å². The molecule has 0 radical (unpaired) electrons. The van der Waals surface area contributed by atoms with Crippen LogP contribution in [0.4, 0.5) is 10.1 Å². The molecule has 3 atom stereocenters. The number of hydrogen-bond donors (Lipinski definition) is 3. The van der Waals surface area contributed by atoms with Crippen LogP contribution in [0.1, 0.15) is 6.92 Å². The molecular formula is C12H15FN4O. The second-order valence-corrected chi connectivity index (χ2v) is 4.66. The van der Waals surface area contributed by atoms with Gasteiger partial charge in [-0.25, -0.2) is 9.82 Å². The normalized spacial score (nSPS) is 31.1. The first kappa shape index (κ1) is 11.4. The fourth-order valence-electron chi connectivity index (χ4n) is 2.49. The van der Waals surface area contributed by atoms with Crippen LogP contribution in [-0.4, -0.2) is 24.8 Å². The molecule has 18 heavy (non-hydrogen) atoms. The van der Waals surface area contributed by atoms with Crippen molar-refractivity contribution in [3.8, 4) is 0 Å². The number of carbonyl (C=O) groups excluding carboxylic acids is 1. The number of nitrogens with one attached hydrogen (secondary N) is 3. The highest BCUT2D eigenvalue weighted by atomic mass is 19.1. The average molecular weight is 250 g/mol. The van der Waals surface area contributed by atoms with E-state index in [0.717, 1.165) is 5.69 Å². The third-order valence-corrected chi connectivity index (χ3v) is 3.36. The molecule has 6 heteroatoms. The van der Waals surface area contributed by atoms with Crippen molar-refractivity contribution in [2.24, 2.45) is 5.92 Å². The van der Waals surface area contributed by atoms with E-state index in [-0.39, 0.29) is 30.0 Å². The zero-order valence-electron chi connectivity index (χ0n) is 9.98. The molecule has 2 heterocycles. The smallest absolute Gasteiger partial charge is 0.229 e. The number of anilines is 1. The molecular weight excluding hydrogens is 235 g/mol. The molecule has 0 aromatic heterocycles. The Hall–Kier alpha value is -1.66. The van der Waals surface area contributed by atoms with E-state index < -0.39 is 0 Å². The first-order valence-corrected chi connectivity index (χ1v) is 6.00. The zero-order valence-corrected chi connectivity index (χ0v) is 9.98. The van der Waals surface area contributed by atoms with Crippen molar-refractivity contribution < 1.29 is 9.18 Å². The SMILES string of the molecule is CC1NC(=O)C2CNN(c3ccc(F)cc3)C2N1. The number of nitrogens with zero attached hydrogens (tertiary/aromatic N) is 1. The molecule has 2 saturated heterocycles. The van der Waals surface area contributed by atoms with Gasteiger partial charge < -0.3 is 5.32 Å².